The lowest BCUT2D eigenvalue weighted by Gasteiger charge is -2.11. The normalized spacial score (nSPS) is 10.3. The van der Waals surface area contributed by atoms with Crippen molar-refractivity contribution in [2.45, 2.75) is 6.92 Å². The molecular weight excluding hydrogens is 420 g/mol. The molecule has 0 unspecified atom stereocenters. The molecule has 0 aliphatic carbocycles. The lowest BCUT2D eigenvalue weighted by atomic mass is 10.3. The molecule has 1 amide bonds. The summed E-state index contributed by atoms with van der Waals surface area (Å²) in [5, 5.41) is 10.00. The average Bonchev–Trinajstić information content (AvgIpc) is 2.66. The Labute approximate surface area is 144 Å². The van der Waals surface area contributed by atoms with Gasteiger partial charge in [0.25, 0.3) is 5.91 Å². The zero-order valence-corrected chi connectivity index (χ0v) is 15.3. The summed E-state index contributed by atoms with van der Waals surface area (Å²) in [4.78, 5) is 12.2. The van der Waals surface area contributed by atoms with Crippen LogP contribution in [0.2, 0.25) is 0 Å². The third-order valence-electron chi connectivity index (χ3n) is 2.71. The summed E-state index contributed by atoms with van der Waals surface area (Å²) in [5.41, 5.74) is 1.94. The Balaban J connectivity index is 2.10. The van der Waals surface area contributed by atoms with E-state index in [4.69, 9.17) is 12.2 Å². The van der Waals surface area contributed by atoms with Gasteiger partial charge in [0.15, 0.2) is 5.11 Å². The zero-order chi connectivity index (χ0) is 15.6. The summed E-state index contributed by atoms with van der Waals surface area (Å²) >= 11 is 11.9. The van der Waals surface area contributed by atoms with Crippen LogP contribution in [0.3, 0.4) is 0 Å². The van der Waals surface area contributed by atoms with Crippen LogP contribution < -0.4 is 10.6 Å². The topological polar surface area (TPSA) is 59.0 Å². The van der Waals surface area contributed by atoms with Gasteiger partial charge in [0.2, 0.25) is 0 Å². The summed E-state index contributed by atoms with van der Waals surface area (Å²) in [6.45, 7) is 1.82. The van der Waals surface area contributed by atoms with Crippen molar-refractivity contribution in [1.82, 2.24) is 15.1 Å². The van der Waals surface area contributed by atoms with Crippen molar-refractivity contribution < 1.29 is 4.79 Å². The largest absolute Gasteiger partial charge is 0.331 e. The Morgan fingerprint density at radius 3 is 2.57 bits per heavy atom. The second-order valence-electron chi connectivity index (χ2n) is 4.26. The van der Waals surface area contributed by atoms with E-state index in [2.05, 4.69) is 47.6 Å². The van der Waals surface area contributed by atoms with Crippen LogP contribution in [0.4, 0.5) is 5.69 Å². The number of nitrogens with zero attached hydrogens (tertiary/aromatic N) is 2. The third-order valence-corrected chi connectivity index (χ3v) is 4.56. The van der Waals surface area contributed by atoms with E-state index in [9.17, 15) is 4.79 Å². The highest BCUT2D eigenvalue weighted by Crippen LogP contribution is 2.22. The van der Waals surface area contributed by atoms with Crippen LogP contribution in [0.15, 0.2) is 33.2 Å². The molecule has 1 aromatic carbocycles. The first-order valence-electron chi connectivity index (χ1n) is 5.96. The van der Waals surface area contributed by atoms with E-state index >= 15 is 0 Å². The van der Waals surface area contributed by atoms with Crippen molar-refractivity contribution in [1.29, 1.82) is 0 Å². The van der Waals surface area contributed by atoms with Crippen molar-refractivity contribution in [3.8, 4) is 0 Å². The fourth-order valence-electron chi connectivity index (χ4n) is 1.76. The number of aromatic nitrogens is 2. The molecule has 0 saturated carbocycles. The smallest absolute Gasteiger partial charge is 0.276 e. The highest BCUT2D eigenvalue weighted by molar-refractivity contribution is 9.11. The maximum Gasteiger partial charge on any atom is 0.276 e. The predicted octanol–water partition coefficient (Wildman–Crippen LogP) is 3.38. The van der Waals surface area contributed by atoms with Crippen molar-refractivity contribution in [2.24, 2.45) is 7.05 Å². The number of hydrogen-bond donors (Lipinski definition) is 2. The zero-order valence-electron chi connectivity index (χ0n) is 11.3. The molecule has 0 bridgehead atoms. The molecule has 0 fully saturated rings. The molecule has 1 aromatic heterocycles. The van der Waals surface area contributed by atoms with E-state index in [0.717, 1.165) is 15.9 Å². The van der Waals surface area contributed by atoms with E-state index in [1.807, 2.05) is 31.2 Å². The van der Waals surface area contributed by atoms with Gasteiger partial charge in [-0.25, -0.2) is 0 Å². The van der Waals surface area contributed by atoms with Gasteiger partial charge in [0.05, 0.1) is 15.9 Å². The van der Waals surface area contributed by atoms with Crippen LogP contribution in [0, 0.1) is 6.92 Å². The molecule has 2 aromatic rings. The number of anilines is 1. The van der Waals surface area contributed by atoms with Crippen LogP contribution in [0.1, 0.15) is 16.2 Å². The van der Waals surface area contributed by atoms with Gasteiger partial charge in [-0.2, -0.15) is 5.10 Å². The minimum absolute atomic E-state index is 0.220. The van der Waals surface area contributed by atoms with Gasteiger partial charge in [-0.1, -0.05) is 12.1 Å². The Kier molecular flexibility index (Phi) is 5.13. The van der Waals surface area contributed by atoms with Crippen LogP contribution >= 0.6 is 44.1 Å². The molecule has 21 heavy (non-hydrogen) atoms. The second-order valence-corrected chi connectivity index (χ2v) is 6.32. The lowest BCUT2D eigenvalue weighted by Crippen LogP contribution is -2.35. The van der Waals surface area contributed by atoms with E-state index in [1.165, 1.54) is 4.68 Å². The molecule has 1 heterocycles. The first-order chi connectivity index (χ1) is 9.90. The summed E-state index contributed by atoms with van der Waals surface area (Å²) in [5.74, 6) is -0.325. The van der Waals surface area contributed by atoms with E-state index in [-0.39, 0.29) is 11.0 Å². The molecular formula is C13H12Br2N4OS. The Morgan fingerprint density at radius 1 is 1.33 bits per heavy atom. The molecule has 0 atom stereocenters. The lowest BCUT2D eigenvalue weighted by molar-refractivity contribution is 0.0968. The molecule has 0 radical (unpaired) electrons. The minimum Gasteiger partial charge on any atom is -0.331 e. The average molecular weight is 432 g/mol. The first-order valence-corrected chi connectivity index (χ1v) is 7.95. The van der Waals surface area contributed by atoms with Crippen LogP contribution in [-0.2, 0) is 7.05 Å². The van der Waals surface area contributed by atoms with Crippen LogP contribution in [0.25, 0.3) is 0 Å². The number of amides is 1. The second kappa shape index (κ2) is 6.67. The fourth-order valence-corrected chi connectivity index (χ4v) is 2.86. The summed E-state index contributed by atoms with van der Waals surface area (Å²) in [6, 6.07) is 7.51. The molecule has 8 heteroatoms. The molecule has 110 valence electrons. The molecule has 2 rings (SSSR count). The number of carbonyl (C=O) groups excluding carboxylic acids is 1. The van der Waals surface area contributed by atoms with E-state index in [0.29, 0.717) is 10.2 Å². The number of thiocarbonyl (C=S) groups is 1. The van der Waals surface area contributed by atoms with E-state index < -0.39 is 0 Å². The van der Waals surface area contributed by atoms with Crippen molar-refractivity contribution in [3.63, 3.8) is 0 Å². The van der Waals surface area contributed by atoms with E-state index in [1.54, 1.807) is 7.05 Å². The Morgan fingerprint density at radius 2 is 2.00 bits per heavy atom. The molecule has 5 nitrogen and oxygen atoms in total. The maximum absolute atomic E-state index is 12.2. The number of rotatable bonds is 2. The number of para-hydroxylation sites is 1. The van der Waals surface area contributed by atoms with Gasteiger partial charge in [-0.15, -0.1) is 0 Å². The standard InChI is InChI=1S/C13H12Br2N4OS/c1-7-10(15)11(19(2)18-7)12(20)17-13(21)16-9-6-4-3-5-8(9)14/h3-6H,1-2H3,(H2,16,17,20,21). The molecule has 0 spiro atoms. The number of halogens is 2. The summed E-state index contributed by atoms with van der Waals surface area (Å²) in [7, 11) is 1.71. The van der Waals surface area contributed by atoms with Gasteiger partial charge < -0.3 is 5.32 Å². The van der Waals surface area contributed by atoms with Gasteiger partial charge >= 0.3 is 0 Å². The third kappa shape index (κ3) is 3.69. The number of aryl methyl sites for hydroxylation is 2. The number of carbonyl (C=O) groups is 1. The summed E-state index contributed by atoms with van der Waals surface area (Å²) < 4.78 is 3.03. The number of nitrogens with one attached hydrogen (secondary N) is 2. The predicted molar refractivity (Wildman–Crippen MR) is 93.5 cm³/mol. The van der Waals surface area contributed by atoms with Gasteiger partial charge in [-0.3, -0.25) is 14.8 Å². The number of benzene rings is 1. The highest BCUT2D eigenvalue weighted by Gasteiger charge is 2.19. The fraction of sp³-hybridized carbons (Fsp3) is 0.154. The molecule has 2 N–H and O–H groups in total. The Bertz CT molecular complexity index is 714. The first kappa shape index (κ1) is 16.1. The maximum atomic E-state index is 12.2. The van der Waals surface area contributed by atoms with Crippen LogP contribution in [0.5, 0.6) is 0 Å². The Hall–Kier alpha value is -1.25. The minimum atomic E-state index is -0.325. The van der Waals surface area contributed by atoms with Crippen LogP contribution in [-0.4, -0.2) is 20.8 Å². The highest BCUT2D eigenvalue weighted by atomic mass is 79.9. The van der Waals surface area contributed by atoms with Gasteiger partial charge in [0, 0.05) is 11.5 Å². The van der Waals surface area contributed by atoms with Gasteiger partial charge in [0.1, 0.15) is 5.69 Å². The number of hydrogen-bond acceptors (Lipinski definition) is 3. The molecule has 0 saturated heterocycles. The molecule has 0 aliphatic heterocycles. The van der Waals surface area contributed by atoms with Crippen molar-refractivity contribution in [2.75, 3.05) is 5.32 Å². The van der Waals surface area contributed by atoms with Crippen molar-refractivity contribution in [3.05, 3.63) is 44.6 Å². The van der Waals surface area contributed by atoms with Crippen molar-refractivity contribution >= 4 is 60.8 Å². The molecule has 0 aliphatic rings. The summed E-state index contributed by atoms with van der Waals surface area (Å²) in [6.07, 6.45) is 0. The SMILES string of the molecule is Cc1nn(C)c(C(=O)NC(=S)Nc2ccccc2Br)c1Br. The monoisotopic (exact) mass is 430 g/mol. The van der Waals surface area contributed by atoms with Gasteiger partial charge in [-0.05, 0) is 63.1 Å². The quantitative estimate of drug-likeness (QED) is 0.715.